The Hall–Kier alpha value is -1.56. The van der Waals surface area contributed by atoms with Crippen LogP contribution < -0.4 is 5.32 Å². The molecule has 2 N–H and O–H groups in total. The van der Waals surface area contributed by atoms with Gasteiger partial charge in [0.25, 0.3) is 5.91 Å². The smallest absolute Gasteiger partial charge is 0.257 e. The van der Waals surface area contributed by atoms with E-state index >= 15 is 0 Å². The van der Waals surface area contributed by atoms with E-state index in [2.05, 4.69) is 21.2 Å². The number of carbonyl (C=O) groups excluding carboxylic acids is 2. The lowest BCUT2D eigenvalue weighted by molar-refractivity contribution is -0.119. The Morgan fingerprint density at radius 1 is 1.33 bits per heavy atom. The van der Waals surface area contributed by atoms with E-state index in [1.165, 1.54) is 6.07 Å². The summed E-state index contributed by atoms with van der Waals surface area (Å²) >= 11 is 3.32. The van der Waals surface area contributed by atoms with E-state index in [1.54, 1.807) is 17.0 Å². The maximum Gasteiger partial charge on any atom is 0.257 e. The molecule has 2 heterocycles. The number of nitrogens with zero attached hydrogens (tertiary/aromatic N) is 1. The van der Waals surface area contributed by atoms with Gasteiger partial charge in [0.05, 0.1) is 5.56 Å². The molecule has 21 heavy (non-hydrogen) atoms. The van der Waals surface area contributed by atoms with E-state index < -0.39 is 0 Å². The van der Waals surface area contributed by atoms with Crippen LogP contribution in [0.2, 0.25) is 0 Å². The van der Waals surface area contributed by atoms with E-state index in [0.29, 0.717) is 25.1 Å². The molecular formula is C15H17BrN2O3. The van der Waals surface area contributed by atoms with Gasteiger partial charge in [0.2, 0.25) is 5.91 Å². The van der Waals surface area contributed by atoms with Gasteiger partial charge in [-0.05, 0) is 36.5 Å². The molecule has 0 radical (unpaired) electrons. The fraction of sp³-hybridized carbons (Fsp3) is 0.467. The molecule has 0 saturated carbocycles. The number of hydrogen-bond acceptors (Lipinski definition) is 3. The number of likely N-dealkylation sites (tertiary alicyclic amines) is 1. The molecule has 0 aliphatic carbocycles. The zero-order valence-electron chi connectivity index (χ0n) is 11.6. The van der Waals surface area contributed by atoms with Crippen molar-refractivity contribution in [2.75, 3.05) is 19.6 Å². The van der Waals surface area contributed by atoms with Crippen LogP contribution in [0.5, 0.6) is 5.75 Å². The second-order valence-corrected chi connectivity index (χ2v) is 6.82. The topological polar surface area (TPSA) is 69.6 Å². The molecule has 112 valence electrons. The summed E-state index contributed by atoms with van der Waals surface area (Å²) in [4.78, 5) is 25.7. The molecule has 0 bridgehead atoms. The van der Waals surface area contributed by atoms with Crippen molar-refractivity contribution >= 4 is 27.7 Å². The number of halogens is 1. The predicted octanol–water partition coefficient (Wildman–Crippen LogP) is 1.90. The van der Waals surface area contributed by atoms with Crippen LogP contribution in [-0.4, -0.2) is 41.5 Å². The standard InChI is InChI=1S/C15H17BrN2O3/c16-10-1-2-12(19)11(7-10)14(21)18-5-3-15(4-6-18)8-13(20)17-9-15/h1-2,7,19H,3-6,8-9H2,(H,17,20). The molecular weight excluding hydrogens is 336 g/mol. The van der Waals surface area contributed by atoms with E-state index in [4.69, 9.17) is 0 Å². The van der Waals surface area contributed by atoms with Crippen LogP contribution in [0.4, 0.5) is 0 Å². The summed E-state index contributed by atoms with van der Waals surface area (Å²) in [5.41, 5.74) is 0.341. The van der Waals surface area contributed by atoms with Gasteiger partial charge in [0.15, 0.2) is 0 Å². The summed E-state index contributed by atoms with van der Waals surface area (Å²) in [6.45, 7) is 1.97. The van der Waals surface area contributed by atoms with Crippen molar-refractivity contribution in [1.82, 2.24) is 10.2 Å². The Morgan fingerprint density at radius 3 is 2.67 bits per heavy atom. The summed E-state index contributed by atoms with van der Waals surface area (Å²) < 4.78 is 0.766. The number of phenols is 1. The normalized spacial score (nSPS) is 20.6. The summed E-state index contributed by atoms with van der Waals surface area (Å²) in [5, 5.41) is 12.7. The van der Waals surface area contributed by atoms with E-state index in [1.807, 2.05) is 0 Å². The molecule has 0 aromatic heterocycles. The van der Waals surface area contributed by atoms with Gasteiger partial charge in [-0.25, -0.2) is 0 Å². The van der Waals surface area contributed by atoms with Gasteiger partial charge in [0, 0.05) is 30.5 Å². The molecule has 0 atom stereocenters. The molecule has 6 heteroatoms. The SMILES string of the molecule is O=C1CC2(CCN(C(=O)c3cc(Br)ccc3O)CC2)CN1. The Labute approximate surface area is 131 Å². The molecule has 5 nitrogen and oxygen atoms in total. The molecule has 1 spiro atoms. The van der Waals surface area contributed by atoms with Crippen LogP contribution >= 0.6 is 15.9 Å². The highest BCUT2D eigenvalue weighted by molar-refractivity contribution is 9.10. The van der Waals surface area contributed by atoms with Crippen molar-refractivity contribution in [3.05, 3.63) is 28.2 Å². The number of aromatic hydroxyl groups is 1. The van der Waals surface area contributed by atoms with Crippen molar-refractivity contribution in [1.29, 1.82) is 0 Å². The van der Waals surface area contributed by atoms with Gasteiger partial charge in [-0.15, -0.1) is 0 Å². The molecule has 1 aromatic rings. The first kappa shape index (κ1) is 14.4. The predicted molar refractivity (Wildman–Crippen MR) is 81.0 cm³/mol. The third kappa shape index (κ3) is 2.77. The highest BCUT2D eigenvalue weighted by atomic mass is 79.9. The minimum absolute atomic E-state index is 0.00111. The fourth-order valence-electron chi connectivity index (χ4n) is 3.14. The lowest BCUT2D eigenvalue weighted by Gasteiger charge is -2.38. The zero-order chi connectivity index (χ0) is 15.0. The molecule has 2 aliphatic rings. The first-order chi connectivity index (χ1) is 9.99. The maximum atomic E-state index is 12.5. The molecule has 2 saturated heterocycles. The van der Waals surface area contributed by atoms with Gasteiger partial charge in [-0.1, -0.05) is 15.9 Å². The first-order valence-electron chi connectivity index (χ1n) is 7.04. The first-order valence-corrected chi connectivity index (χ1v) is 7.83. The summed E-state index contributed by atoms with van der Waals surface area (Å²) in [5.74, 6) is -0.0402. The average molecular weight is 353 g/mol. The number of piperidine rings is 1. The highest BCUT2D eigenvalue weighted by Gasteiger charge is 2.41. The Bertz CT molecular complexity index is 595. The van der Waals surface area contributed by atoms with Crippen molar-refractivity contribution in [2.24, 2.45) is 5.41 Å². The average Bonchev–Trinajstić information content (AvgIpc) is 2.83. The second-order valence-electron chi connectivity index (χ2n) is 5.91. The molecule has 2 fully saturated rings. The van der Waals surface area contributed by atoms with Gasteiger partial charge in [-0.2, -0.15) is 0 Å². The number of carbonyl (C=O) groups is 2. The van der Waals surface area contributed by atoms with Gasteiger partial charge < -0.3 is 15.3 Å². The molecule has 0 unspecified atom stereocenters. The van der Waals surface area contributed by atoms with E-state index in [0.717, 1.165) is 23.9 Å². The second kappa shape index (κ2) is 5.33. The Kier molecular flexibility index (Phi) is 3.65. The quantitative estimate of drug-likeness (QED) is 0.810. The van der Waals surface area contributed by atoms with E-state index in [-0.39, 0.29) is 23.0 Å². The minimum atomic E-state index is -0.152. The lowest BCUT2D eigenvalue weighted by Crippen LogP contribution is -2.44. The van der Waals surface area contributed by atoms with Crippen LogP contribution in [0.3, 0.4) is 0 Å². The third-order valence-corrected chi connectivity index (χ3v) is 4.99. The molecule has 1 aromatic carbocycles. The van der Waals surface area contributed by atoms with Crippen LogP contribution in [0.25, 0.3) is 0 Å². The zero-order valence-corrected chi connectivity index (χ0v) is 13.1. The van der Waals surface area contributed by atoms with Gasteiger partial charge in [0.1, 0.15) is 5.75 Å². The van der Waals surface area contributed by atoms with Crippen LogP contribution in [0.1, 0.15) is 29.6 Å². The molecule has 3 rings (SSSR count). The Morgan fingerprint density at radius 2 is 2.05 bits per heavy atom. The van der Waals surface area contributed by atoms with Crippen molar-refractivity contribution in [3.63, 3.8) is 0 Å². The lowest BCUT2D eigenvalue weighted by atomic mass is 9.77. The number of phenolic OH excluding ortho intramolecular Hbond substituents is 1. The maximum absolute atomic E-state index is 12.5. The fourth-order valence-corrected chi connectivity index (χ4v) is 3.50. The van der Waals surface area contributed by atoms with Crippen molar-refractivity contribution < 1.29 is 14.7 Å². The van der Waals surface area contributed by atoms with Gasteiger partial charge in [-0.3, -0.25) is 9.59 Å². The minimum Gasteiger partial charge on any atom is -0.507 e. The Balaban J connectivity index is 1.70. The number of rotatable bonds is 1. The van der Waals surface area contributed by atoms with Crippen LogP contribution in [0, 0.1) is 5.41 Å². The summed E-state index contributed by atoms with van der Waals surface area (Å²) in [6.07, 6.45) is 2.22. The number of amides is 2. The van der Waals surface area contributed by atoms with E-state index in [9.17, 15) is 14.7 Å². The monoisotopic (exact) mass is 352 g/mol. The third-order valence-electron chi connectivity index (χ3n) is 4.50. The van der Waals surface area contributed by atoms with Crippen molar-refractivity contribution in [3.8, 4) is 5.75 Å². The number of benzene rings is 1. The van der Waals surface area contributed by atoms with Crippen LogP contribution in [-0.2, 0) is 4.79 Å². The van der Waals surface area contributed by atoms with Crippen molar-refractivity contribution in [2.45, 2.75) is 19.3 Å². The summed E-state index contributed by atoms with van der Waals surface area (Å²) in [7, 11) is 0. The van der Waals surface area contributed by atoms with Crippen LogP contribution in [0.15, 0.2) is 22.7 Å². The molecule has 2 amide bonds. The number of hydrogen-bond donors (Lipinski definition) is 2. The summed E-state index contributed by atoms with van der Waals surface area (Å²) in [6, 6.07) is 4.86. The molecule has 2 aliphatic heterocycles. The highest BCUT2D eigenvalue weighted by Crippen LogP contribution is 2.38. The van der Waals surface area contributed by atoms with Gasteiger partial charge >= 0.3 is 0 Å². The largest absolute Gasteiger partial charge is 0.507 e. The number of nitrogens with one attached hydrogen (secondary N) is 1.